The molecule has 0 aromatic heterocycles. The molecule has 0 unspecified atom stereocenters. The van der Waals surface area contributed by atoms with Gasteiger partial charge in [-0.15, -0.1) is 0 Å². The molecule has 0 spiro atoms. The molecule has 0 atom stereocenters. The van der Waals surface area contributed by atoms with Crippen LogP contribution in [-0.4, -0.2) is 23.2 Å². The normalized spacial score (nSPS) is 10.0. The summed E-state index contributed by atoms with van der Waals surface area (Å²) in [6, 6.07) is 12.8. The molecule has 22 heavy (non-hydrogen) atoms. The van der Waals surface area contributed by atoms with Crippen LogP contribution in [0.4, 0.5) is 5.69 Å². The summed E-state index contributed by atoms with van der Waals surface area (Å²) in [5.74, 6) is -1.00. The Morgan fingerprint density at radius 3 is 2.41 bits per heavy atom. The first kappa shape index (κ1) is 15.7. The highest BCUT2D eigenvalue weighted by Crippen LogP contribution is 2.22. The summed E-state index contributed by atoms with van der Waals surface area (Å²) in [5.41, 5.74) is 0.930. The second-order valence-electron chi connectivity index (χ2n) is 4.43. The second-order valence-corrected chi connectivity index (χ2v) is 4.84. The number of anilines is 1. The Bertz CT molecular complexity index is 732. The number of Topliss-reactive ketones (excluding diaryl/α,β-unsaturated/α-hetero) is 1. The molecule has 0 aliphatic carbocycles. The van der Waals surface area contributed by atoms with E-state index < -0.39 is 17.3 Å². The second kappa shape index (κ2) is 6.82. The van der Waals surface area contributed by atoms with Gasteiger partial charge in [-0.25, -0.2) is 0 Å². The van der Waals surface area contributed by atoms with E-state index in [1.54, 1.807) is 30.3 Å². The molecule has 0 aliphatic heterocycles. The quantitative estimate of drug-likeness (QED) is 0.521. The minimum absolute atomic E-state index is 0.0519. The molecule has 112 valence electrons. The number of benzene rings is 2. The van der Waals surface area contributed by atoms with Crippen LogP contribution in [0.5, 0.6) is 0 Å². The molecule has 0 aliphatic rings. The third kappa shape index (κ3) is 3.89. The number of hydrogen-bond donors (Lipinski definition) is 1. The topological polar surface area (TPSA) is 89.3 Å². The van der Waals surface area contributed by atoms with Crippen LogP contribution in [0.2, 0.25) is 5.02 Å². The Morgan fingerprint density at radius 2 is 1.82 bits per heavy atom. The van der Waals surface area contributed by atoms with Crippen molar-refractivity contribution in [1.82, 2.24) is 0 Å². The molecule has 0 fully saturated rings. The van der Waals surface area contributed by atoms with Gasteiger partial charge >= 0.3 is 0 Å². The zero-order chi connectivity index (χ0) is 16.1. The van der Waals surface area contributed by atoms with Crippen molar-refractivity contribution >= 4 is 29.0 Å². The van der Waals surface area contributed by atoms with Crippen molar-refractivity contribution in [3.05, 3.63) is 74.8 Å². The fraction of sp³-hybridized carbons (Fsp3) is 0.0667. The minimum atomic E-state index is -0.824. The van der Waals surface area contributed by atoms with Crippen LogP contribution in [0.3, 0.4) is 0 Å². The lowest BCUT2D eigenvalue weighted by atomic mass is 10.1. The van der Waals surface area contributed by atoms with E-state index in [9.17, 15) is 19.7 Å². The van der Waals surface area contributed by atoms with Crippen molar-refractivity contribution in [2.75, 3.05) is 11.9 Å². The average molecular weight is 319 g/mol. The Hall–Kier alpha value is -2.73. The van der Waals surface area contributed by atoms with E-state index in [4.69, 9.17) is 11.6 Å². The molecule has 1 amide bonds. The summed E-state index contributed by atoms with van der Waals surface area (Å²) in [6.45, 7) is -0.824. The number of hydrogen-bond acceptors (Lipinski definition) is 4. The Kier molecular flexibility index (Phi) is 4.85. The largest absolute Gasteiger partial charge is 0.322 e. The van der Waals surface area contributed by atoms with Crippen LogP contribution in [0.15, 0.2) is 48.5 Å². The first-order valence-electron chi connectivity index (χ1n) is 6.28. The Labute approximate surface area is 130 Å². The van der Waals surface area contributed by atoms with Gasteiger partial charge in [-0.05, 0) is 30.3 Å². The van der Waals surface area contributed by atoms with Crippen LogP contribution in [0, 0.1) is 10.1 Å². The van der Waals surface area contributed by atoms with E-state index in [0.717, 1.165) is 0 Å². The van der Waals surface area contributed by atoms with Gasteiger partial charge in [-0.1, -0.05) is 29.8 Å². The summed E-state index contributed by atoms with van der Waals surface area (Å²) >= 11 is 5.94. The van der Waals surface area contributed by atoms with Gasteiger partial charge in [0.25, 0.3) is 12.5 Å². The lowest BCUT2D eigenvalue weighted by molar-refractivity contribution is -0.465. The van der Waals surface area contributed by atoms with E-state index in [0.29, 0.717) is 11.3 Å². The minimum Gasteiger partial charge on any atom is -0.322 e. The van der Waals surface area contributed by atoms with Crippen LogP contribution in [0.1, 0.15) is 20.7 Å². The van der Waals surface area contributed by atoms with E-state index in [1.807, 2.05) is 0 Å². The van der Waals surface area contributed by atoms with Crippen molar-refractivity contribution in [3.63, 3.8) is 0 Å². The first-order chi connectivity index (χ1) is 10.5. The first-order valence-corrected chi connectivity index (χ1v) is 6.66. The van der Waals surface area contributed by atoms with E-state index in [2.05, 4.69) is 5.32 Å². The van der Waals surface area contributed by atoms with Crippen molar-refractivity contribution in [1.29, 1.82) is 0 Å². The number of carbonyl (C=O) groups excluding carboxylic acids is 2. The van der Waals surface area contributed by atoms with Crippen LogP contribution in [-0.2, 0) is 0 Å². The number of halogens is 1. The molecule has 0 radical (unpaired) electrons. The SMILES string of the molecule is O=C(Nc1ccc(C(=O)C[N+](=O)[O-])c(Cl)c1)c1ccccc1. The number of amides is 1. The van der Waals surface area contributed by atoms with Gasteiger partial charge < -0.3 is 5.32 Å². The molecule has 2 aromatic carbocycles. The lowest BCUT2D eigenvalue weighted by Crippen LogP contribution is -2.15. The van der Waals surface area contributed by atoms with Gasteiger partial charge in [0.05, 0.1) is 5.02 Å². The maximum absolute atomic E-state index is 12.0. The summed E-state index contributed by atoms with van der Waals surface area (Å²) < 4.78 is 0. The van der Waals surface area contributed by atoms with Crippen molar-refractivity contribution in [3.8, 4) is 0 Å². The van der Waals surface area contributed by atoms with Gasteiger partial charge in [0.2, 0.25) is 5.78 Å². The van der Waals surface area contributed by atoms with Gasteiger partial charge in [-0.3, -0.25) is 19.7 Å². The molecule has 2 aromatic rings. The Morgan fingerprint density at radius 1 is 1.14 bits per heavy atom. The van der Waals surface area contributed by atoms with Crippen molar-refractivity contribution < 1.29 is 14.5 Å². The predicted octanol–water partition coefficient (Wildman–Crippen LogP) is 3.05. The monoisotopic (exact) mass is 318 g/mol. The molecular weight excluding hydrogens is 308 g/mol. The molecule has 0 saturated heterocycles. The number of rotatable bonds is 5. The van der Waals surface area contributed by atoms with Crippen molar-refractivity contribution in [2.24, 2.45) is 0 Å². The number of nitrogens with one attached hydrogen (secondary N) is 1. The average Bonchev–Trinajstić information content (AvgIpc) is 2.47. The molecule has 1 N–H and O–H groups in total. The smallest absolute Gasteiger partial charge is 0.265 e. The highest BCUT2D eigenvalue weighted by molar-refractivity contribution is 6.34. The number of nitrogens with zero attached hydrogens (tertiary/aromatic N) is 1. The molecule has 0 heterocycles. The molecule has 6 nitrogen and oxygen atoms in total. The maximum Gasteiger partial charge on any atom is 0.265 e. The molecule has 0 bridgehead atoms. The van der Waals surface area contributed by atoms with Crippen molar-refractivity contribution in [2.45, 2.75) is 0 Å². The summed E-state index contributed by atoms with van der Waals surface area (Å²) in [5, 5.41) is 13.0. The number of carbonyl (C=O) groups is 2. The predicted molar refractivity (Wildman–Crippen MR) is 82.0 cm³/mol. The third-order valence-electron chi connectivity index (χ3n) is 2.84. The fourth-order valence-electron chi connectivity index (χ4n) is 1.81. The molecular formula is C15H11ClN2O4. The fourth-order valence-corrected chi connectivity index (χ4v) is 2.10. The Balaban J connectivity index is 2.14. The van der Waals surface area contributed by atoms with Crippen LogP contribution >= 0.6 is 11.6 Å². The third-order valence-corrected chi connectivity index (χ3v) is 3.15. The zero-order valence-corrected chi connectivity index (χ0v) is 12.0. The van der Waals surface area contributed by atoms with Crippen LogP contribution < -0.4 is 5.32 Å². The van der Waals surface area contributed by atoms with E-state index in [-0.39, 0.29) is 16.5 Å². The molecule has 7 heteroatoms. The number of ketones is 1. The summed E-state index contributed by atoms with van der Waals surface area (Å²) in [7, 11) is 0. The van der Waals surface area contributed by atoms with E-state index >= 15 is 0 Å². The van der Waals surface area contributed by atoms with Crippen LogP contribution in [0.25, 0.3) is 0 Å². The van der Waals surface area contributed by atoms with Gasteiger partial charge in [-0.2, -0.15) is 0 Å². The molecule has 0 saturated carbocycles. The maximum atomic E-state index is 12.0. The molecule has 2 rings (SSSR count). The highest BCUT2D eigenvalue weighted by Gasteiger charge is 2.16. The van der Waals surface area contributed by atoms with Gasteiger partial charge in [0.15, 0.2) is 0 Å². The number of nitro groups is 1. The zero-order valence-electron chi connectivity index (χ0n) is 11.3. The summed E-state index contributed by atoms with van der Waals surface area (Å²) in [4.78, 5) is 33.2. The summed E-state index contributed by atoms with van der Waals surface area (Å²) in [6.07, 6.45) is 0. The van der Waals surface area contributed by atoms with E-state index in [1.165, 1.54) is 18.2 Å². The highest BCUT2D eigenvalue weighted by atomic mass is 35.5. The van der Waals surface area contributed by atoms with Gasteiger partial charge in [0.1, 0.15) is 0 Å². The lowest BCUT2D eigenvalue weighted by Gasteiger charge is -2.07. The standard InChI is InChI=1S/C15H11ClN2O4/c16-13-8-11(6-7-12(13)14(19)9-18(21)22)17-15(20)10-4-2-1-3-5-10/h1-8H,9H2,(H,17,20). The van der Waals surface area contributed by atoms with Gasteiger partial charge in [0, 0.05) is 21.7 Å².